The molecule has 1 amide bonds. The van der Waals surface area contributed by atoms with Crippen LogP contribution in [0, 0.1) is 11.8 Å². The number of amidine groups is 1. The van der Waals surface area contributed by atoms with Gasteiger partial charge in [-0.25, -0.2) is 5.43 Å². The average molecular weight is 287 g/mol. The topological polar surface area (TPSA) is 120 Å². The van der Waals surface area contributed by atoms with E-state index in [1.54, 1.807) is 27.7 Å². The largest absolute Gasteiger partial charge is 0.465 e. The summed E-state index contributed by atoms with van der Waals surface area (Å²) in [4.78, 5) is 34.7. The second kappa shape index (κ2) is 8.89. The van der Waals surface area contributed by atoms with Crippen molar-refractivity contribution in [2.24, 2.45) is 22.7 Å². The maximum Gasteiger partial charge on any atom is 0.328 e. The summed E-state index contributed by atoms with van der Waals surface area (Å²) in [5.74, 6) is -4.30. The lowest BCUT2D eigenvalue weighted by Crippen LogP contribution is -2.41. The maximum atomic E-state index is 11.7. The Morgan fingerprint density at radius 1 is 1.10 bits per heavy atom. The molecule has 0 spiro atoms. The zero-order chi connectivity index (χ0) is 15.7. The van der Waals surface area contributed by atoms with Gasteiger partial charge in [0.15, 0.2) is 0 Å². The number of hydrogen-bond acceptors (Lipinski definition) is 6. The van der Waals surface area contributed by atoms with Crippen LogP contribution in [0.15, 0.2) is 5.10 Å². The van der Waals surface area contributed by atoms with Crippen molar-refractivity contribution in [3.05, 3.63) is 0 Å². The third-order valence-corrected chi connectivity index (χ3v) is 2.16. The van der Waals surface area contributed by atoms with Crippen molar-refractivity contribution in [2.75, 3.05) is 13.2 Å². The van der Waals surface area contributed by atoms with Gasteiger partial charge in [0.2, 0.25) is 11.8 Å². The van der Waals surface area contributed by atoms with Crippen LogP contribution in [0.4, 0.5) is 0 Å². The molecule has 0 aromatic heterocycles. The van der Waals surface area contributed by atoms with Crippen LogP contribution in [0.5, 0.6) is 0 Å². The van der Waals surface area contributed by atoms with Crippen molar-refractivity contribution in [3.8, 4) is 0 Å². The molecular weight excluding hydrogens is 266 g/mol. The van der Waals surface area contributed by atoms with Gasteiger partial charge in [0.1, 0.15) is 5.84 Å². The number of nitrogens with zero attached hydrogens (tertiary/aromatic N) is 1. The number of amides is 1. The summed E-state index contributed by atoms with van der Waals surface area (Å²) in [5, 5.41) is 3.55. The molecule has 0 bridgehead atoms. The van der Waals surface area contributed by atoms with Gasteiger partial charge in [-0.15, -0.1) is 0 Å². The van der Waals surface area contributed by atoms with Crippen LogP contribution in [-0.4, -0.2) is 36.9 Å². The Balaban J connectivity index is 5.01. The molecule has 0 unspecified atom stereocenters. The molecule has 0 aliphatic carbocycles. The SMILES string of the molecule is CCOC(=O)C(C(=O)OCC)C(N)=NNC(=O)C(C)C. The normalized spacial score (nSPS) is 11.4. The minimum absolute atomic E-state index is 0.0837. The Bertz CT molecular complexity index is 375. The van der Waals surface area contributed by atoms with Crippen LogP contribution in [0.25, 0.3) is 0 Å². The van der Waals surface area contributed by atoms with Gasteiger partial charge in [-0.3, -0.25) is 14.4 Å². The molecule has 0 aromatic rings. The summed E-state index contributed by atoms with van der Waals surface area (Å²) >= 11 is 0. The highest BCUT2D eigenvalue weighted by atomic mass is 16.6. The van der Waals surface area contributed by atoms with E-state index in [9.17, 15) is 14.4 Å². The Hall–Kier alpha value is -2.12. The van der Waals surface area contributed by atoms with Crippen molar-refractivity contribution in [3.63, 3.8) is 0 Å². The van der Waals surface area contributed by atoms with Gasteiger partial charge in [0.05, 0.1) is 13.2 Å². The molecule has 0 aliphatic rings. The van der Waals surface area contributed by atoms with Crippen LogP contribution in [0.3, 0.4) is 0 Å². The number of carbonyl (C=O) groups is 3. The smallest absolute Gasteiger partial charge is 0.328 e. The lowest BCUT2D eigenvalue weighted by molar-refractivity contribution is -0.157. The fourth-order valence-corrected chi connectivity index (χ4v) is 1.10. The standard InChI is InChI=1S/C12H21N3O5/c1-5-19-11(17)8(12(18)20-6-2)9(13)14-15-10(16)7(3)4/h7-8H,5-6H2,1-4H3,(H2,13,14)(H,15,16). The van der Waals surface area contributed by atoms with Crippen molar-refractivity contribution in [1.29, 1.82) is 0 Å². The highest BCUT2D eigenvalue weighted by molar-refractivity contribution is 6.15. The van der Waals surface area contributed by atoms with Crippen LogP contribution in [-0.2, 0) is 23.9 Å². The number of rotatable bonds is 7. The number of hydrogen-bond donors (Lipinski definition) is 2. The third-order valence-electron chi connectivity index (χ3n) is 2.16. The lowest BCUT2D eigenvalue weighted by Gasteiger charge is -2.14. The summed E-state index contributed by atoms with van der Waals surface area (Å²) < 4.78 is 9.47. The Morgan fingerprint density at radius 3 is 1.90 bits per heavy atom. The Morgan fingerprint density at radius 2 is 1.55 bits per heavy atom. The summed E-state index contributed by atoms with van der Waals surface area (Å²) in [7, 11) is 0. The van der Waals surface area contributed by atoms with Crippen LogP contribution < -0.4 is 11.2 Å². The molecule has 114 valence electrons. The molecular formula is C12H21N3O5. The molecule has 20 heavy (non-hydrogen) atoms. The Kier molecular flexibility index (Phi) is 7.95. The quantitative estimate of drug-likeness (QED) is 0.219. The van der Waals surface area contributed by atoms with Crippen molar-refractivity contribution >= 4 is 23.7 Å². The first-order valence-electron chi connectivity index (χ1n) is 6.31. The highest BCUT2D eigenvalue weighted by Gasteiger charge is 2.33. The van der Waals surface area contributed by atoms with E-state index in [2.05, 4.69) is 10.5 Å². The van der Waals surface area contributed by atoms with Gasteiger partial charge < -0.3 is 15.2 Å². The van der Waals surface area contributed by atoms with Crippen LogP contribution in [0.1, 0.15) is 27.7 Å². The van der Waals surface area contributed by atoms with E-state index in [4.69, 9.17) is 15.2 Å². The number of ether oxygens (including phenoxy) is 2. The van der Waals surface area contributed by atoms with Crippen LogP contribution in [0.2, 0.25) is 0 Å². The zero-order valence-electron chi connectivity index (χ0n) is 12.1. The molecule has 0 radical (unpaired) electrons. The molecule has 0 atom stereocenters. The van der Waals surface area contributed by atoms with Gasteiger partial charge in [-0.2, -0.15) is 5.10 Å². The van der Waals surface area contributed by atoms with Gasteiger partial charge in [-0.1, -0.05) is 13.8 Å². The molecule has 8 heteroatoms. The van der Waals surface area contributed by atoms with Gasteiger partial charge in [-0.05, 0) is 13.8 Å². The minimum atomic E-state index is -1.48. The van der Waals surface area contributed by atoms with E-state index in [1.165, 1.54) is 0 Å². The fraction of sp³-hybridized carbons (Fsp3) is 0.667. The molecule has 0 heterocycles. The predicted octanol–water partition coefficient (Wildman–Crippen LogP) is -0.227. The summed E-state index contributed by atoms with van der Waals surface area (Å²) in [6, 6.07) is 0. The molecule has 0 fully saturated rings. The first-order chi connectivity index (χ1) is 9.34. The average Bonchev–Trinajstić information content (AvgIpc) is 2.36. The van der Waals surface area contributed by atoms with E-state index in [0.29, 0.717) is 0 Å². The molecule has 0 saturated carbocycles. The zero-order valence-corrected chi connectivity index (χ0v) is 12.1. The fourth-order valence-electron chi connectivity index (χ4n) is 1.10. The third kappa shape index (κ3) is 5.68. The Labute approximate surface area is 117 Å². The van der Waals surface area contributed by atoms with E-state index >= 15 is 0 Å². The van der Waals surface area contributed by atoms with Gasteiger partial charge in [0.25, 0.3) is 0 Å². The van der Waals surface area contributed by atoms with E-state index in [0.717, 1.165) is 0 Å². The van der Waals surface area contributed by atoms with Gasteiger partial charge in [0, 0.05) is 5.92 Å². The molecule has 0 rings (SSSR count). The maximum absolute atomic E-state index is 11.7. The molecule has 0 aromatic carbocycles. The van der Waals surface area contributed by atoms with E-state index in [1.807, 2.05) is 0 Å². The molecule has 0 saturated heterocycles. The predicted molar refractivity (Wildman–Crippen MR) is 71.4 cm³/mol. The second-order valence-electron chi connectivity index (χ2n) is 4.10. The minimum Gasteiger partial charge on any atom is -0.465 e. The van der Waals surface area contributed by atoms with E-state index < -0.39 is 17.9 Å². The molecule has 0 aliphatic heterocycles. The number of esters is 2. The van der Waals surface area contributed by atoms with Crippen molar-refractivity contribution in [1.82, 2.24) is 5.43 Å². The number of nitrogens with one attached hydrogen (secondary N) is 1. The van der Waals surface area contributed by atoms with Crippen molar-refractivity contribution in [2.45, 2.75) is 27.7 Å². The number of nitrogens with two attached hydrogens (primary N) is 1. The number of hydrazone groups is 1. The van der Waals surface area contributed by atoms with Crippen LogP contribution >= 0.6 is 0 Å². The highest BCUT2D eigenvalue weighted by Crippen LogP contribution is 2.04. The van der Waals surface area contributed by atoms with E-state index in [-0.39, 0.29) is 30.9 Å². The monoisotopic (exact) mass is 287 g/mol. The van der Waals surface area contributed by atoms with Gasteiger partial charge >= 0.3 is 11.9 Å². The van der Waals surface area contributed by atoms with Crippen molar-refractivity contribution < 1.29 is 23.9 Å². The molecule has 3 N–H and O–H groups in total. The molecule has 8 nitrogen and oxygen atoms in total. The first-order valence-corrected chi connectivity index (χ1v) is 6.31. The lowest BCUT2D eigenvalue weighted by atomic mass is 10.1. The summed E-state index contributed by atoms with van der Waals surface area (Å²) in [6.45, 7) is 6.67. The number of carbonyl (C=O) groups excluding carboxylic acids is 3. The summed E-state index contributed by atoms with van der Waals surface area (Å²) in [5.41, 5.74) is 7.73. The first kappa shape index (κ1) is 17.9. The second-order valence-corrected chi connectivity index (χ2v) is 4.10. The summed E-state index contributed by atoms with van der Waals surface area (Å²) in [6.07, 6.45) is 0.